The minimum Gasteiger partial charge on any atom is -0.394 e. The highest BCUT2D eigenvalue weighted by molar-refractivity contribution is 4.42. The normalized spacial score (nSPS) is 6.33. The highest BCUT2D eigenvalue weighted by atomic mass is 16.5. The van der Waals surface area contributed by atoms with Crippen LogP contribution in [0.2, 0.25) is 0 Å². The van der Waals surface area contributed by atoms with Crippen molar-refractivity contribution in [3.05, 3.63) is 65.8 Å². The van der Waals surface area contributed by atoms with Crippen LogP contribution in [-0.4, -0.2) is 37.1 Å². The first-order chi connectivity index (χ1) is 11.8. The summed E-state index contributed by atoms with van der Waals surface area (Å²) in [6.45, 7) is 32.9. The van der Waals surface area contributed by atoms with Gasteiger partial charge in [-0.25, -0.2) is 0 Å². The summed E-state index contributed by atoms with van der Waals surface area (Å²) in [6.07, 6.45) is 8.10. The molecule has 0 radical (unpaired) electrons. The Bertz CT molecular complexity index is 109. The minimum absolute atomic E-state index is 0.125. The van der Waals surface area contributed by atoms with E-state index >= 15 is 0 Å². The number of unbranched alkanes of at least 4 members (excludes halogenated alkanes) is 5. The van der Waals surface area contributed by atoms with Gasteiger partial charge in [-0.1, -0.05) is 39.0 Å². The third-order valence-electron chi connectivity index (χ3n) is 1.80. The molecule has 0 saturated carbocycles. The third-order valence-corrected chi connectivity index (χ3v) is 1.80. The molecule has 0 aromatic heterocycles. The Hall–Kier alpha value is -1.42. The molecule has 0 spiro atoms. The fraction of sp³-hybridized carbons (Fsp3) is 0.524. The Morgan fingerprint density at radius 3 is 1.12 bits per heavy atom. The minimum atomic E-state index is -0.125. The van der Waals surface area contributed by atoms with Crippen molar-refractivity contribution < 1.29 is 14.9 Å². The lowest BCUT2D eigenvalue weighted by atomic mass is 10.1. The maximum atomic E-state index is 7.62. The highest BCUT2D eigenvalue weighted by Gasteiger charge is 1.87. The first-order valence-electron chi connectivity index (χ1n) is 8.04. The number of methoxy groups -OCH3 is 1. The average molecular weight is 347 g/mol. The van der Waals surface area contributed by atoms with E-state index in [1.54, 1.807) is 7.11 Å². The van der Waals surface area contributed by atoms with Gasteiger partial charge in [-0.2, -0.15) is 0 Å². The number of aliphatic hydroxyl groups is 2. The fourth-order valence-electron chi connectivity index (χ4n) is 1.03. The maximum absolute atomic E-state index is 7.62. The van der Waals surface area contributed by atoms with E-state index in [0.29, 0.717) is 0 Å². The van der Waals surface area contributed by atoms with Crippen LogP contribution < -0.4 is 0 Å². The van der Waals surface area contributed by atoms with Crippen molar-refractivity contribution in [3.63, 3.8) is 0 Å². The van der Waals surface area contributed by atoms with Gasteiger partial charge in [-0.15, -0.1) is 65.8 Å². The molecule has 0 rings (SSSR count). The van der Waals surface area contributed by atoms with Crippen molar-refractivity contribution in [1.82, 2.24) is 0 Å². The lowest BCUT2D eigenvalue weighted by Crippen LogP contribution is -1.87. The van der Waals surface area contributed by atoms with E-state index < -0.39 is 0 Å². The number of rotatable bonds is 8. The van der Waals surface area contributed by atoms with Gasteiger partial charge in [0, 0.05) is 13.7 Å². The maximum Gasteiger partial charge on any atom is 0.0662 e. The molecule has 0 aromatic carbocycles. The Balaban J connectivity index is -0.0000000347. The van der Waals surface area contributed by atoms with Gasteiger partial charge in [0.2, 0.25) is 0 Å². The SMILES string of the molecule is C=C.C=C.C=C.C=C.C=C.CCCCCCCCOC.OCCO. The lowest BCUT2D eigenvalue weighted by Gasteiger charge is -1.98. The lowest BCUT2D eigenvalue weighted by molar-refractivity contribution is 0.186. The van der Waals surface area contributed by atoms with E-state index in [9.17, 15) is 0 Å². The number of hydrogen-bond donors (Lipinski definition) is 2. The van der Waals surface area contributed by atoms with E-state index in [0.717, 1.165) is 6.61 Å². The quantitative estimate of drug-likeness (QED) is 0.420. The van der Waals surface area contributed by atoms with Crippen LogP contribution >= 0.6 is 0 Å². The second kappa shape index (κ2) is 124. The molecule has 0 aliphatic heterocycles. The largest absolute Gasteiger partial charge is 0.394 e. The summed E-state index contributed by atoms with van der Waals surface area (Å²) in [7, 11) is 1.77. The molecule has 0 atom stereocenters. The number of ether oxygens (including phenoxy) is 1. The summed E-state index contributed by atoms with van der Waals surface area (Å²) in [6, 6.07) is 0. The summed E-state index contributed by atoms with van der Waals surface area (Å²) in [4.78, 5) is 0. The first kappa shape index (κ1) is 43.3. The number of aliphatic hydroxyl groups excluding tert-OH is 2. The molecule has 0 heterocycles. The zero-order valence-electron chi connectivity index (χ0n) is 16.7. The van der Waals surface area contributed by atoms with Gasteiger partial charge in [-0.3, -0.25) is 0 Å². The van der Waals surface area contributed by atoms with E-state index in [2.05, 4.69) is 72.7 Å². The van der Waals surface area contributed by atoms with Gasteiger partial charge in [0.05, 0.1) is 13.2 Å². The second-order valence-electron chi connectivity index (χ2n) is 3.21. The van der Waals surface area contributed by atoms with Crippen molar-refractivity contribution in [2.75, 3.05) is 26.9 Å². The standard InChI is InChI=1S/C9H20O.C2H6O2.5C2H4/c1-3-4-5-6-7-8-9-10-2;3-1-2-4;5*1-2/h3-9H2,1-2H3;3-4H,1-2H2;5*1-2H2. The van der Waals surface area contributed by atoms with E-state index in [-0.39, 0.29) is 13.2 Å². The Kier molecular flexibility index (Phi) is 224. The molecule has 0 amide bonds. The van der Waals surface area contributed by atoms with Crippen LogP contribution in [0.1, 0.15) is 45.4 Å². The summed E-state index contributed by atoms with van der Waals surface area (Å²) in [5, 5.41) is 15.2. The Morgan fingerprint density at radius 2 is 0.875 bits per heavy atom. The number of hydrogen-bond acceptors (Lipinski definition) is 3. The summed E-state index contributed by atoms with van der Waals surface area (Å²) >= 11 is 0. The monoisotopic (exact) mass is 346 g/mol. The van der Waals surface area contributed by atoms with Gasteiger partial charge in [0.15, 0.2) is 0 Å². The van der Waals surface area contributed by atoms with Crippen molar-refractivity contribution >= 4 is 0 Å². The molecule has 0 aliphatic carbocycles. The highest BCUT2D eigenvalue weighted by Crippen LogP contribution is 2.04. The fourth-order valence-corrected chi connectivity index (χ4v) is 1.03. The molecule has 3 nitrogen and oxygen atoms in total. The van der Waals surface area contributed by atoms with Crippen molar-refractivity contribution in [1.29, 1.82) is 0 Å². The smallest absolute Gasteiger partial charge is 0.0662 e. The molecular weight excluding hydrogens is 300 g/mol. The van der Waals surface area contributed by atoms with Crippen LogP contribution in [0.4, 0.5) is 0 Å². The third kappa shape index (κ3) is 182. The zero-order valence-corrected chi connectivity index (χ0v) is 16.7. The predicted octanol–water partition coefficient (Wildman–Crippen LogP) is 5.98. The molecule has 24 heavy (non-hydrogen) atoms. The van der Waals surface area contributed by atoms with E-state index in [1.165, 1.54) is 38.5 Å². The molecule has 148 valence electrons. The van der Waals surface area contributed by atoms with Gasteiger partial charge in [-0.05, 0) is 6.42 Å². The van der Waals surface area contributed by atoms with Crippen LogP contribution in [0, 0.1) is 0 Å². The van der Waals surface area contributed by atoms with Crippen LogP contribution in [0.3, 0.4) is 0 Å². The van der Waals surface area contributed by atoms with Crippen LogP contribution in [0.5, 0.6) is 0 Å². The summed E-state index contributed by atoms with van der Waals surface area (Å²) < 4.78 is 4.95. The molecule has 2 N–H and O–H groups in total. The second-order valence-corrected chi connectivity index (χ2v) is 3.21. The van der Waals surface area contributed by atoms with Gasteiger partial charge >= 0.3 is 0 Å². The molecule has 0 unspecified atom stereocenters. The summed E-state index contributed by atoms with van der Waals surface area (Å²) in [5.41, 5.74) is 0. The van der Waals surface area contributed by atoms with Crippen molar-refractivity contribution in [2.45, 2.75) is 45.4 Å². The average Bonchev–Trinajstić information content (AvgIpc) is 2.72. The molecule has 0 aliphatic rings. The molecular formula is C21H46O3. The topological polar surface area (TPSA) is 49.7 Å². The summed E-state index contributed by atoms with van der Waals surface area (Å²) in [5.74, 6) is 0. The van der Waals surface area contributed by atoms with Crippen LogP contribution in [0.25, 0.3) is 0 Å². The molecule has 0 saturated heterocycles. The molecule has 0 aromatic rings. The van der Waals surface area contributed by atoms with Crippen molar-refractivity contribution in [3.8, 4) is 0 Å². The van der Waals surface area contributed by atoms with Crippen LogP contribution in [0.15, 0.2) is 65.8 Å². The first-order valence-corrected chi connectivity index (χ1v) is 8.04. The van der Waals surface area contributed by atoms with Gasteiger partial charge < -0.3 is 14.9 Å². The van der Waals surface area contributed by atoms with Crippen LogP contribution in [-0.2, 0) is 4.74 Å². The van der Waals surface area contributed by atoms with E-state index in [1.807, 2.05) is 0 Å². The molecule has 0 fully saturated rings. The zero-order chi connectivity index (χ0) is 21.1. The van der Waals surface area contributed by atoms with E-state index in [4.69, 9.17) is 14.9 Å². The van der Waals surface area contributed by atoms with Gasteiger partial charge in [0.1, 0.15) is 0 Å². The van der Waals surface area contributed by atoms with Gasteiger partial charge in [0.25, 0.3) is 0 Å². The van der Waals surface area contributed by atoms with Crippen molar-refractivity contribution in [2.24, 2.45) is 0 Å². The Morgan fingerprint density at radius 1 is 0.583 bits per heavy atom. The molecule has 0 bridgehead atoms. The molecule has 3 heteroatoms. The predicted molar refractivity (Wildman–Crippen MR) is 116 cm³/mol. The Labute approximate surface area is 153 Å².